The van der Waals surface area contributed by atoms with Crippen molar-refractivity contribution in [1.29, 1.82) is 0 Å². The molecule has 122 valence electrons. The second-order valence-electron chi connectivity index (χ2n) is 5.42. The lowest BCUT2D eigenvalue weighted by Gasteiger charge is -2.32. The van der Waals surface area contributed by atoms with Crippen LogP contribution in [0.2, 0.25) is 0 Å². The predicted octanol–water partition coefficient (Wildman–Crippen LogP) is 1.04. The SMILES string of the molecule is OCc1c(O)cc(O)c2c1O[C@H](c1ccc(O)c(O)c1)[C@@H](O)C2. The van der Waals surface area contributed by atoms with Crippen molar-refractivity contribution in [1.82, 2.24) is 0 Å². The van der Waals surface area contributed by atoms with E-state index in [4.69, 9.17) is 4.74 Å². The van der Waals surface area contributed by atoms with Crippen LogP contribution in [0.15, 0.2) is 24.3 Å². The first-order valence-corrected chi connectivity index (χ1v) is 6.96. The molecule has 0 saturated carbocycles. The van der Waals surface area contributed by atoms with Crippen molar-refractivity contribution in [2.24, 2.45) is 0 Å². The molecule has 0 spiro atoms. The minimum Gasteiger partial charge on any atom is -0.507 e. The normalized spacial score (nSPS) is 19.9. The molecule has 0 aromatic heterocycles. The Morgan fingerprint density at radius 2 is 1.70 bits per heavy atom. The van der Waals surface area contributed by atoms with Gasteiger partial charge in [0.1, 0.15) is 23.4 Å². The fourth-order valence-corrected chi connectivity index (χ4v) is 2.74. The maximum absolute atomic E-state index is 10.3. The van der Waals surface area contributed by atoms with Crippen molar-refractivity contribution in [2.75, 3.05) is 0 Å². The molecule has 1 aliphatic heterocycles. The molecule has 1 heterocycles. The molecule has 0 saturated heterocycles. The molecule has 3 rings (SSSR count). The Bertz CT molecular complexity index is 757. The van der Waals surface area contributed by atoms with E-state index < -0.39 is 18.8 Å². The number of ether oxygens (including phenoxy) is 1. The van der Waals surface area contributed by atoms with Crippen LogP contribution in [-0.2, 0) is 13.0 Å². The van der Waals surface area contributed by atoms with Crippen molar-refractivity contribution in [3.05, 3.63) is 41.0 Å². The van der Waals surface area contributed by atoms with Gasteiger partial charge in [-0.1, -0.05) is 6.07 Å². The number of phenolic OH excluding ortho intramolecular Hbond substituents is 3. The molecule has 1 aliphatic rings. The summed E-state index contributed by atoms with van der Waals surface area (Å²) in [6.07, 6.45) is -1.87. The Morgan fingerprint density at radius 3 is 2.35 bits per heavy atom. The maximum Gasteiger partial charge on any atom is 0.157 e. The molecule has 0 radical (unpaired) electrons. The Balaban J connectivity index is 2.07. The first kappa shape index (κ1) is 15.3. The standard InChI is InChI=1S/C16H16O7/c17-6-9-12(20)5-11(19)8-4-14(22)15(23-16(8)9)7-1-2-10(18)13(21)3-7/h1-3,5,14-15,17-22H,4,6H2/t14-,15+/m0/s1. The Hall–Kier alpha value is -2.64. The Kier molecular flexibility index (Phi) is 3.67. The molecule has 7 nitrogen and oxygen atoms in total. The number of hydrogen-bond donors (Lipinski definition) is 6. The third kappa shape index (κ3) is 2.49. The quantitative estimate of drug-likeness (QED) is 0.456. The van der Waals surface area contributed by atoms with E-state index in [0.717, 1.165) is 6.07 Å². The van der Waals surface area contributed by atoms with Crippen molar-refractivity contribution < 1.29 is 35.4 Å². The minimum absolute atomic E-state index is 0.0424. The summed E-state index contributed by atoms with van der Waals surface area (Å²) in [7, 11) is 0. The zero-order chi connectivity index (χ0) is 16.7. The summed E-state index contributed by atoms with van der Waals surface area (Å²) < 4.78 is 5.69. The van der Waals surface area contributed by atoms with Crippen LogP contribution >= 0.6 is 0 Å². The largest absolute Gasteiger partial charge is 0.507 e. The smallest absolute Gasteiger partial charge is 0.157 e. The Labute approximate surface area is 131 Å². The van der Waals surface area contributed by atoms with Crippen LogP contribution in [0, 0.1) is 0 Å². The van der Waals surface area contributed by atoms with E-state index >= 15 is 0 Å². The number of aliphatic hydroxyl groups excluding tert-OH is 2. The highest BCUT2D eigenvalue weighted by Crippen LogP contribution is 2.45. The third-order valence-corrected chi connectivity index (χ3v) is 3.93. The van der Waals surface area contributed by atoms with Gasteiger partial charge in [-0.15, -0.1) is 0 Å². The van der Waals surface area contributed by atoms with Gasteiger partial charge in [-0.25, -0.2) is 0 Å². The van der Waals surface area contributed by atoms with Gasteiger partial charge in [0, 0.05) is 18.1 Å². The predicted molar refractivity (Wildman–Crippen MR) is 78.5 cm³/mol. The van der Waals surface area contributed by atoms with E-state index in [1.165, 1.54) is 18.2 Å². The van der Waals surface area contributed by atoms with Gasteiger partial charge in [0.2, 0.25) is 0 Å². The minimum atomic E-state index is -1.02. The van der Waals surface area contributed by atoms with Crippen molar-refractivity contribution >= 4 is 0 Å². The summed E-state index contributed by atoms with van der Waals surface area (Å²) in [5.74, 6) is -1.10. The van der Waals surface area contributed by atoms with Crippen molar-refractivity contribution in [3.8, 4) is 28.7 Å². The van der Waals surface area contributed by atoms with Crippen LogP contribution in [0.4, 0.5) is 0 Å². The molecular weight excluding hydrogens is 304 g/mol. The number of phenols is 4. The third-order valence-electron chi connectivity index (χ3n) is 3.93. The summed E-state index contributed by atoms with van der Waals surface area (Å²) in [5, 5.41) is 58.4. The fraction of sp³-hybridized carbons (Fsp3) is 0.250. The van der Waals surface area contributed by atoms with E-state index in [1.54, 1.807) is 0 Å². The van der Waals surface area contributed by atoms with Gasteiger partial charge in [-0.05, 0) is 17.7 Å². The average molecular weight is 320 g/mol. The van der Waals surface area contributed by atoms with Gasteiger partial charge >= 0.3 is 0 Å². The zero-order valence-electron chi connectivity index (χ0n) is 12.0. The number of aromatic hydroxyl groups is 4. The second-order valence-corrected chi connectivity index (χ2v) is 5.42. The number of benzene rings is 2. The lowest BCUT2D eigenvalue weighted by Crippen LogP contribution is -2.31. The Morgan fingerprint density at radius 1 is 0.957 bits per heavy atom. The van der Waals surface area contributed by atoms with Crippen LogP contribution < -0.4 is 4.74 Å². The van der Waals surface area contributed by atoms with Crippen LogP contribution in [-0.4, -0.2) is 36.7 Å². The lowest BCUT2D eigenvalue weighted by atomic mass is 9.92. The molecule has 6 N–H and O–H groups in total. The van der Waals surface area contributed by atoms with Gasteiger partial charge in [-0.3, -0.25) is 0 Å². The van der Waals surface area contributed by atoms with Gasteiger partial charge < -0.3 is 35.4 Å². The van der Waals surface area contributed by atoms with E-state index in [1.807, 2.05) is 0 Å². The zero-order valence-corrected chi connectivity index (χ0v) is 12.0. The number of rotatable bonds is 2. The van der Waals surface area contributed by atoms with Gasteiger partial charge in [0.25, 0.3) is 0 Å². The highest BCUT2D eigenvalue weighted by Gasteiger charge is 2.34. The summed E-state index contributed by atoms with van der Waals surface area (Å²) in [5.41, 5.74) is 0.807. The molecule has 0 fully saturated rings. The summed E-state index contributed by atoms with van der Waals surface area (Å²) in [6, 6.07) is 5.10. The van der Waals surface area contributed by atoms with Crippen molar-refractivity contribution in [3.63, 3.8) is 0 Å². The van der Waals surface area contributed by atoms with Crippen LogP contribution in [0.5, 0.6) is 28.7 Å². The van der Waals surface area contributed by atoms with Gasteiger partial charge in [0.05, 0.1) is 18.3 Å². The summed E-state index contributed by atoms with van der Waals surface area (Å²) in [4.78, 5) is 0. The summed E-state index contributed by atoms with van der Waals surface area (Å²) >= 11 is 0. The van der Waals surface area contributed by atoms with Crippen LogP contribution in [0.25, 0.3) is 0 Å². The fourth-order valence-electron chi connectivity index (χ4n) is 2.74. The molecule has 2 atom stereocenters. The first-order valence-electron chi connectivity index (χ1n) is 6.96. The van der Waals surface area contributed by atoms with E-state index in [9.17, 15) is 30.6 Å². The molecule has 23 heavy (non-hydrogen) atoms. The van der Waals surface area contributed by atoms with E-state index in [-0.39, 0.29) is 40.7 Å². The summed E-state index contributed by atoms with van der Waals surface area (Å²) in [6.45, 7) is -0.502. The maximum atomic E-state index is 10.3. The monoisotopic (exact) mass is 320 g/mol. The first-order chi connectivity index (χ1) is 10.9. The van der Waals surface area contributed by atoms with E-state index in [0.29, 0.717) is 11.1 Å². The molecule has 0 amide bonds. The number of hydrogen-bond acceptors (Lipinski definition) is 7. The van der Waals surface area contributed by atoms with Crippen LogP contribution in [0.3, 0.4) is 0 Å². The van der Waals surface area contributed by atoms with Crippen molar-refractivity contribution in [2.45, 2.75) is 25.2 Å². The van der Waals surface area contributed by atoms with Gasteiger partial charge in [0.15, 0.2) is 11.5 Å². The number of aliphatic hydroxyl groups is 2. The number of fused-ring (bicyclic) bond motifs is 1. The molecule has 0 bridgehead atoms. The molecular formula is C16H16O7. The van der Waals surface area contributed by atoms with Gasteiger partial charge in [-0.2, -0.15) is 0 Å². The molecule has 2 aromatic carbocycles. The molecule has 0 unspecified atom stereocenters. The molecule has 0 aliphatic carbocycles. The van der Waals surface area contributed by atoms with E-state index in [2.05, 4.69) is 0 Å². The molecule has 7 heteroatoms. The second kappa shape index (κ2) is 5.53. The highest BCUT2D eigenvalue weighted by atomic mass is 16.5. The topological polar surface area (TPSA) is 131 Å². The van der Waals surface area contributed by atoms with Crippen LogP contribution in [0.1, 0.15) is 22.8 Å². The molecule has 2 aromatic rings. The highest BCUT2D eigenvalue weighted by molar-refractivity contribution is 5.57. The average Bonchev–Trinajstić information content (AvgIpc) is 2.51. The lowest BCUT2D eigenvalue weighted by molar-refractivity contribution is 0.0180.